The number of rotatable bonds is 7. The van der Waals surface area contributed by atoms with Crippen LogP contribution < -0.4 is 16.0 Å². The molecule has 1 aromatic carbocycles. The maximum Gasteiger partial charge on any atom is 0.223 e. The second-order valence-corrected chi connectivity index (χ2v) is 6.96. The van der Waals surface area contributed by atoms with Gasteiger partial charge in [-0.15, -0.1) is 24.0 Å². The van der Waals surface area contributed by atoms with Crippen molar-refractivity contribution >= 4 is 47.4 Å². The second kappa shape index (κ2) is 9.73. The zero-order valence-electron chi connectivity index (χ0n) is 14.7. The van der Waals surface area contributed by atoms with Crippen molar-refractivity contribution in [3.05, 3.63) is 34.6 Å². The number of benzene rings is 1. The highest BCUT2D eigenvalue weighted by atomic mass is 127. The second-order valence-electron chi connectivity index (χ2n) is 6.55. The van der Waals surface area contributed by atoms with E-state index in [1.165, 1.54) is 6.07 Å². The fourth-order valence-electron chi connectivity index (χ4n) is 2.87. The Morgan fingerprint density at radius 2 is 2.12 bits per heavy atom. The predicted octanol–water partition coefficient (Wildman–Crippen LogP) is 3.03. The average Bonchev–Trinajstić information content (AvgIpc) is 3.46. The molecule has 2 saturated carbocycles. The summed E-state index contributed by atoms with van der Waals surface area (Å²) in [6.07, 6.45) is 2.82. The Hall–Kier alpha value is -1.09. The number of nitrogens with zero attached hydrogens (tertiary/aromatic N) is 1. The number of carbonyl (C=O) groups is 1. The lowest BCUT2D eigenvalue weighted by Gasteiger charge is -2.12. The first-order valence-corrected chi connectivity index (χ1v) is 9.24. The highest BCUT2D eigenvalue weighted by molar-refractivity contribution is 14.0. The molecule has 2 unspecified atom stereocenters. The Labute approximate surface area is 175 Å². The summed E-state index contributed by atoms with van der Waals surface area (Å²) in [5.41, 5.74) is 0.578. The first kappa shape index (κ1) is 21.2. The SMILES string of the molecule is CCNC(=NCCNC(=O)C1CC1)NC1CC1c1c(F)cccc1Cl.I. The number of hydrogen-bond acceptors (Lipinski definition) is 2. The van der Waals surface area contributed by atoms with Crippen LogP contribution in [0.1, 0.15) is 37.7 Å². The molecule has 0 bridgehead atoms. The van der Waals surface area contributed by atoms with Gasteiger partial charge in [-0.3, -0.25) is 9.79 Å². The van der Waals surface area contributed by atoms with Crippen molar-refractivity contribution in [2.24, 2.45) is 10.9 Å². The first-order valence-electron chi connectivity index (χ1n) is 8.86. The number of nitrogens with one attached hydrogen (secondary N) is 3. The van der Waals surface area contributed by atoms with E-state index in [2.05, 4.69) is 20.9 Å². The Bertz CT molecular complexity index is 648. The van der Waals surface area contributed by atoms with E-state index in [-0.39, 0.29) is 53.6 Å². The van der Waals surface area contributed by atoms with E-state index in [4.69, 9.17) is 11.6 Å². The van der Waals surface area contributed by atoms with E-state index >= 15 is 0 Å². The summed E-state index contributed by atoms with van der Waals surface area (Å²) in [6.45, 7) is 3.76. The Morgan fingerprint density at radius 3 is 2.77 bits per heavy atom. The van der Waals surface area contributed by atoms with Gasteiger partial charge in [-0.25, -0.2) is 4.39 Å². The zero-order chi connectivity index (χ0) is 17.8. The van der Waals surface area contributed by atoms with Crippen LogP contribution in [-0.2, 0) is 4.79 Å². The van der Waals surface area contributed by atoms with Crippen molar-refractivity contribution in [1.82, 2.24) is 16.0 Å². The Morgan fingerprint density at radius 1 is 1.35 bits per heavy atom. The lowest BCUT2D eigenvalue weighted by Crippen LogP contribution is -2.39. The molecule has 1 amide bonds. The van der Waals surface area contributed by atoms with Gasteiger partial charge in [-0.2, -0.15) is 0 Å². The minimum absolute atomic E-state index is 0. The number of halogens is 3. The van der Waals surface area contributed by atoms with Crippen molar-refractivity contribution in [3.8, 4) is 0 Å². The number of aliphatic imine (C=N–C) groups is 1. The molecule has 0 aliphatic heterocycles. The summed E-state index contributed by atoms with van der Waals surface area (Å²) in [6, 6.07) is 4.90. The van der Waals surface area contributed by atoms with E-state index < -0.39 is 0 Å². The molecule has 8 heteroatoms. The van der Waals surface area contributed by atoms with Gasteiger partial charge in [0.25, 0.3) is 0 Å². The van der Waals surface area contributed by atoms with Gasteiger partial charge in [0.1, 0.15) is 5.82 Å². The molecule has 3 rings (SSSR count). The minimum atomic E-state index is -0.258. The molecular formula is C18H25ClFIN4O. The molecule has 2 aliphatic rings. The molecule has 144 valence electrons. The Kier molecular flexibility index (Phi) is 7.94. The van der Waals surface area contributed by atoms with Crippen LogP contribution in [0.25, 0.3) is 0 Å². The van der Waals surface area contributed by atoms with Crippen LogP contribution in [0.5, 0.6) is 0 Å². The first-order chi connectivity index (χ1) is 12.1. The summed E-state index contributed by atoms with van der Waals surface area (Å²) in [5.74, 6) is 0.833. The molecule has 0 aromatic heterocycles. The third-order valence-corrected chi connectivity index (χ3v) is 4.79. The van der Waals surface area contributed by atoms with Crippen molar-refractivity contribution in [2.45, 2.75) is 38.1 Å². The summed E-state index contributed by atoms with van der Waals surface area (Å²) >= 11 is 6.14. The number of amides is 1. The summed E-state index contributed by atoms with van der Waals surface area (Å²) in [5, 5.41) is 9.86. The fourth-order valence-corrected chi connectivity index (χ4v) is 3.17. The van der Waals surface area contributed by atoms with Gasteiger partial charge in [0.05, 0.1) is 6.54 Å². The molecule has 2 aliphatic carbocycles. The lowest BCUT2D eigenvalue weighted by atomic mass is 10.1. The molecule has 0 spiro atoms. The molecular weight excluding hydrogens is 470 g/mol. The van der Waals surface area contributed by atoms with Gasteiger partial charge in [-0.05, 0) is 38.3 Å². The van der Waals surface area contributed by atoms with Crippen LogP contribution in [0.2, 0.25) is 5.02 Å². The van der Waals surface area contributed by atoms with Gasteiger partial charge in [0, 0.05) is 41.6 Å². The normalized spacial score (nSPS) is 21.6. The smallest absolute Gasteiger partial charge is 0.223 e. The molecule has 26 heavy (non-hydrogen) atoms. The summed E-state index contributed by atoms with van der Waals surface area (Å²) in [4.78, 5) is 16.1. The quantitative estimate of drug-likeness (QED) is 0.236. The molecule has 0 heterocycles. The topological polar surface area (TPSA) is 65.5 Å². The molecule has 0 radical (unpaired) electrons. The predicted molar refractivity (Wildman–Crippen MR) is 113 cm³/mol. The monoisotopic (exact) mass is 494 g/mol. The number of guanidine groups is 1. The van der Waals surface area contributed by atoms with Crippen molar-refractivity contribution in [2.75, 3.05) is 19.6 Å². The van der Waals surface area contributed by atoms with Crippen molar-refractivity contribution in [3.63, 3.8) is 0 Å². The largest absolute Gasteiger partial charge is 0.357 e. The van der Waals surface area contributed by atoms with Gasteiger partial charge in [0.15, 0.2) is 5.96 Å². The summed E-state index contributed by atoms with van der Waals surface area (Å²) in [7, 11) is 0. The van der Waals surface area contributed by atoms with Gasteiger partial charge in [-0.1, -0.05) is 17.7 Å². The van der Waals surface area contributed by atoms with Crippen molar-refractivity contribution in [1.29, 1.82) is 0 Å². The number of hydrogen-bond donors (Lipinski definition) is 3. The fraction of sp³-hybridized carbons (Fsp3) is 0.556. The molecule has 3 N–H and O–H groups in total. The van der Waals surface area contributed by atoms with Gasteiger partial charge in [0.2, 0.25) is 5.91 Å². The van der Waals surface area contributed by atoms with Crippen LogP contribution >= 0.6 is 35.6 Å². The molecule has 1 aromatic rings. The van der Waals surface area contributed by atoms with Crippen LogP contribution in [0.15, 0.2) is 23.2 Å². The Balaban J connectivity index is 0.00000243. The van der Waals surface area contributed by atoms with E-state index in [0.717, 1.165) is 25.8 Å². The third-order valence-electron chi connectivity index (χ3n) is 4.46. The van der Waals surface area contributed by atoms with E-state index in [1.54, 1.807) is 12.1 Å². The lowest BCUT2D eigenvalue weighted by molar-refractivity contribution is -0.122. The molecule has 5 nitrogen and oxygen atoms in total. The standard InChI is InChI=1S/C18H24ClFN4O.HI/c1-2-21-18(23-9-8-22-17(25)11-6-7-11)24-15-10-12(15)16-13(19)4-3-5-14(16)20;/h3-5,11-12,15H,2,6-10H2,1H3,(H,22,25)(H2,21,23,24);1H. The molecule has 0 saturated heterocycles. The highest BCUT2D eigenvalue weighted by Gasteiger charge is 2.41. The maximum atomic E-state index is 14.0. The third kappa shape index (κ3) is 5.70. The van der Waals surface area contributed by atoms with Crippen LogP contribution in [0.4, 0.5) is 4.39 Å². The van der Waals surface area contributed by atoms with Crippen LogP contribution in [0, 0.1) is 11.7 Å². The van der Waals surface area contributed by atoms with Crippen LogP contribution in [-0.4, -0.2) is 37.5 Å². The van der Waals surface area contributed by atoms with Gasteiger partial charge >= 0.3 is 0 Å². The molecule has 2 fully saturated rings. The van der Waals surface area contributed by atoms with Gasteiger partial charge < -0.3 is 16.0 Å². The van der Waals surface area contributed by atoms with Crippen molar-refractivity contribution < 1.29 is 9.18 Å². The van der Waals surface area contributed by atoms with E-state index in [9.17, 15) is 9.18 Å². The maximum absolute atomic E-state index is 14.0. The molecule has 2 atom stereocenters. The summed E-state index contributed by atoms with van der Waals surface area (Å²) < 4.78 is 14.0. The van der Waals surface area contributed by atoms with E-state index in [0.29, 0.717) is 29.6 Å². The van der Waals surface area contributed by atoms with Crippen LogP contribution in [0.3, 0.4) is 0 Å². The van der Waals surface area contributed by atoms with E-state index in [1.807, 2.05) is 6.92 Å². The average molecular weight is 495 g/mol. The highest BCUT2D eigenvalue weighted by Crippen LogP contribution is 2.44. The zero-order valence-corrected chi connectivity index (χ0v) is 17.8. The number of carbonyl (C=O) groups excluding carboxylic acids is 1. The minimum Gasteiger partial charge on any atom is -0.357 e.